The van der Waals surface area contributed by atoms with E-state index >= 15 is 0 Å². The maximum Gasteiger partial charge on any atom is 0.253 e. The Balaban J connectivity index is 1.86. The summed E-state index contributed by atoms with van der Waals surface area (Å²) >= 11 is 0. The lowest BCUT2D eigenvalue weighted by molar-refractivity contribution is -0.0737. The number of allylic oxidation sites excluding steroid dienone is 2. The van der Waals surface area contributed by atoms with Gasteiger partial charge >= 0.3 is 0 Å². The average molecular weight is 523 g/mol. The highest BCUT2D eigenvalue weighted by molar-refractivity contribution is 5.94. The number of morpholine rings is 1. The molecule has 8 nitrogen and oxygen atoms in total. The van der Waals surface area contributed by atoms with Crippen LogP contribution in [0.2, 0.25) is 0 Å². The van der Waals surface area contributed by atoms with Crippen LogP contribution >= 0.6 is 0 Å². The number of hydrogen-bond donors (Lipinski definition) is 3. The highest BCUT2D eigenvalue weighted by atomic mass is 16.5. The summed E-state index contributed by atoms with van der Waals surface area (Å²) in [6.07, 6.45) is 10.2. The van der Waals surface area contributed by atoms with Crippen molar-refractivity contribution in [3.8, 4) is 0 Å². The molecule has 0 saturated carbocycles. The van der Waals surface area contributed by atoms with Gasteiger partial charge in [-0.05, 0) is 71.0 Å². The Morgan fingerprint density at radius 3 is 2.39 bits per heavy atom. The molecule has 5 N–H and O–H groups in total. The van der Waals surface area contributed by atoms with Crippen molar-refractivity contribution >= 4 is 17.8 Å². The molecule has 208 valence electrons. The third kappa shape index (κ3) is 7.20. The van der Waals surface area contributed by atoms with E-state index in [1.54, 1.807) is 0 Å². The zero-order chi connectivity index (χ0) is 27.8. The van der Waals surface area contributed by atoms with E-state index < -0.39 is 0 Å². The van der Waals surface area contributed by atoms with Crippen molar-refractivity contribution < 1.29 is 9.53 Å². The summed E-state index contributed by atoms with van der Waals surface area (Å²) in [5.41, 5.74) is 16.1. The highest BCUT2D eigenvalue weighted by Gasteiger charge is 2.31. The molecule has 1 heterocycles. The van der Waals surface area contributed by atoms with Gasteiger partial charge in [-0.3, -0.25) is 9.69 Å². The third-order valence-corrected chi connectivity index (χ3v) is 7.50. The SMILES string of the molecule is CCN(CC)C(=O)c1ccc(C2=CC(C(NC)C(=C/C(C)N3CC(C)O[C@@H](C)C3)/N=C\N)C(N)C=C2)cc1. The minimum Gasteiger partial charge on any atom is -0.390 e. The molecule has 3 rings (SSSR count). The quantitative estimate of drug-likeness (QED) is 0.322. The molecule has 0 radical (unpaired) electrons. The molecule has 1 saturated heterocycles. The largest absolute Gasteiger partial charge is 0.390 e. The van der Waals surface area contributed by atoms with E-state index in [1.807, 2.05) is 56.1 Å². The fourth-order valence-corrected chi connectivity index (χ4v) is 5.48. The number of nitrogens with two attached hydrogens (primary N) is 2. The van der Waals surface area contributed by atoms with E-state index in [-0.39, 0.29) is 42.2 Å². The first-order valence-corrected chi connectivity index (χ1v) is 13.8. The predicted octanol–water partition coefficient (Wildman–Crippen LogP) is 3.02. The molecular weight excluding hydrogens is 476 g/mol. The van der Waals surface area contributed by atoms with Crippen LogP contribution in [0.25, 0.3) is 5.57 Å². The first kappa shape index (κ1) is 29.8. The zero-order valence-electron chi connectivity index (χ0n) is 23.8. The first-order chi connectivity index (χ1) is 18.2. The second kappa shape index (κ2) is 13.8. The average Bonchev–Trinajstić information content (AvgIpc) is 2.90. The number of carbonyl (C=O) groups is 1. The first-order valence-electron chi connectivity index (χ1n) is 13.8. The molecule has 0 spiro atoms. The van der Waals surface area contributed by atoms with Gasteiger partial charge in [0.2, 0.25) is 0 Å². The van der Waals surface area contributed by atoms with Gasteiger partial charge in [-0.15, -0.1) is 0 Å². The lowest BCUT2D eigenvalue weighted by Crippen LogP contribution is -2.49. The molecular formula is C30H46N6O2. The number of rotatable bonds is 10. The van der Waals surface area contributed by atoms with E-state index in [0.717, 1.165) is 29.9 Å². The number of aliphatic imine (C=N–C) groups is 1. The Morgan fingerprint density at radius 2 is 1.84 bits per heavy atom. The number of amides is 1. The number of benzene rings is 1. The molecule has 1 amide bonds. The Kier molecular flexibility index (Phi) is 10.8. The van der Waals surface area contributed by atoms with Gasteiger partial charge in [-0.25, -0.2) is 4.99 Å². The van der Waals surface area contributed by atoms with Gasteiger partial charge in [0.05, 0.1) is 30.3 Å². The molecule has 8 heteroatoms. The summed E-state index contributed by atoms with van der Waals surface area (Å²) in [7, 11) is 1.93. The molecule has 6 atom stereocenters. The van der Waals surface area contributed by atoms with Gasteiger partial charge in [0, 0.05) is 49.7 Å². The number of ether oxygens (including phenoxy) is 1. The third-order valence-electron chi connectivity index (χ3n) is 7.50. The normalized spacial score (nSPS) is 26.3. The molecule has 38 heavy (non-hydrogen) atoms. The van der Waals surface area contributed by atoms with Crippen LogP contribution in [0.15, 0.2) is 59.3 Å². The molecule has 1 aliphatic heterocycles. The van der Waals surface area contributed by atoms with Crippen molar-refractivity contribution in [2.45, 2.75) is 65.0 Å². The molecule has 0 aromatic heterocycles. The lowest BCUT2D eigenvalue weighted by atomic mass is 9.82. The maximum absolute atomic E-state index is 12.7. The minimum absolute atomic E-state index is 0.0401. The molecule has 1 aromatic rings. The van der Waals surface area contributed by atoms with E-state index in [4.69, 9.17) is 16.2 Å². The van der Waals surface area contributed by atoms with E-state index in [0.29, 0.717) is 18.7 Å². The van der Waals surface area contributed by atoms with Crippen molar-refractivity contribution in [3.63, 3.8) is 0 Å². The standard InChI is InChI=1S/C30H46N6O2/c1-7-35(8-2)30(37)24-11-9-23(10-12-24)25-13-14-27(32)26(16-25)29(33-6)28(34-19-31)15-20(3)36-17-21(4)38-22(5)18-36/h9-16,19-22,26-27,29,33H,7-8,17-18,32H2,1-6H3,(H2,31,34)/b28-15-/t20?,21-,22?,26?,27?,29?/m0/s1. The van der Waals surface area contributed by atoms with E-state index in [1.165, 1.54) is 6.34 Å². The number of carbonyl (C=O) groups excluding carboxylic acids is 1. The van der Waals surface area contributed by atoms with E-state index in [9.17, 15) is 4.79 Å². The number of likely N-dealkylation sites (N-methyl/N-ethyl adjacent to an activating group) is 1. The van der Waals surface area contributed by atoms with Crippen molar-refractivity contribution in [2.24, 2.45) is 22.4 Å². The summed E-state index contributed by atoms with van der Waals surface area (Å²) < 4.78 is 5.92. The lowest BCUT2D eigenvalue weighted by Gasteiger charge is -2.38. The van der Waals surface area contributed by atoms with Crippen LogP contribution in [0, 0.1) is 5.92 Å². The van der Waals surface area contributed by atoms with Crippen LogP contribution in [0.3, 0.4) is 0 Å². The monoisotopic (exact) mass is 522 g/mol. The van der Waals surface area contributed by atoms with E-state index in [2.05, 4.69) is 54.2 Å². The molecule has 1 aliphatic carbocycles. The Morgan fingerprint density at radius 1 is 1.21 bits per heavy atom. The van der Waals surface area contributed by atoms with Crippen LogP contribution in [-0.4, -0.2) is 85.6 Å². The van der Waals surface area contributed by atoms with Gasteiger partial charge < -0.3 is 26.4 Å². The van der Waals surface area contributed by atoms with Crippen LogP contribution in [0.5, 0.6) is 0 Å². The maximum atomic E-state index is 12.7. The van der Waals surface area contributed by atoms with Crippen LogP contribution in [0.4, 0.5) is 0 Å². The Hall–Kier alpha value is -2.78. The van der Waals surface area contributed by atoms with Crippen LogP contribution < -0.4 is 16.8 Å². The van der Waals surface area contributed by atoms with Gasteiger partial charge in [-0.1, -0.05) is 30.4 Å². The van der Waals surface area contributed by atoms with Crippen LogP contribution in [0.1, 0.15) is 50.5 Å². The number of nitrogens with one attached hydrogen (secondary N) is 1. The van der Waals surface area contributed by atoms with Crippen LogP contribution in [-0.2, 0) is 4.74 Å². The summed E-state index contributed by atoms with van der Waals surface area (Å²) in [6, 6.07) is 7.66. The molecule has 2 aliphatic rings. The number of hydrogen-bond acceptors (Lipinski definition) is 6. The summed E-state index contributed by atoms with van der Waals surface area (Å²) in [6.45, 7) is 13.5. The van der Waals surface area contributed by atoms with Crippen molar-refractivity contribution in [1.29, 1.82) is 0 Å². The summed E-state index contributed by atoms with van der Waals surface area (Å²) in [4.78, 5) is 21.5. The molecule has 1 aromatic carbocycles. The Bertz CT molecular complexity index is 1030. The van der Waals surface area contributed by atoms with Crippen molar-refractivity contribution in [1.82, 2.24) is 15.1 Å². The summed E-state index contributed by atoms with van der Waals surface area (Å²) in [5.74, 6) is 0.0131. The Labute approximate surface area is 228 Å². The van der Waals surface area contributed by atoms with Gasteiger partial charge in [-0.2, -0.15) is 0 Å². The molecule has 1 fully saturated rings. The summed E-state index contributed by atoms with van der Waals surface area (Å²) in [5, 5.41) is 3.44. The second-order valence-electron chi connectivity index (χ2n) is 10.3. The predicted molar refractivity (Wildman–Crippen MR) is 157 cm³/mol. The highest BCUT2D eigenvalue weighted by Crippen LogP contribution is 2.30. The topological polar surface area (TPSA) is 109 Å². The van der Waals surface area contributed by atoms with Gasteiger partial charge in [0.1, 0.15) is 0 Å². The molecule has 0 bridgehead atoms. The fraction of sp³-hybridized carbons (Fsp3) is 0.533. The van der Waals surface area contributed by atoms with Crippen molar-refractivity contribution in [3.05, 3.63) is 65.4 Å². The molecule has 5 unspecified atom stereocenters. The fourth-order valence-electron chi connectivity index (χ4n) is 5.48. The van der Waals surface area contributed by atoms with Crippen molar-refractivity contribution in [2.75, 3.05) is 33.2 Å². The minimum atomic E-state index is -0.185. The smallest absolute Gasteiger partial charge is 0.253 e. The van der Waals surface area contributed by atoms with Gasteiger partial charge in [0.15, 0.2) is 0 Å². The van der Waals surface area contributed by atoms with Gasteiger partial charge in [0.25, 0.3) is 5.91 Å². The second-order valence-corrected chi connectivity index (χ2v) is 10.3. The zero-order valence-corrected chi connectivity index (χ0v) is 23.8. The number of nitrogens with zero attached hydrogens (tertiary/aromatic N) is 3.